The van der Waals surface area contributed by atoms with Crippen molar-refractivity contribution in [2.24, 2.45) is 11.1 Å². The van der Waals surface area contributed by atoms with Gasteiger partial charge in [-0.25, -0.2) is 8.42 Å². The summed E-state index contributed by atoms with van der Waals surface area (Å²) in [6, 6.07) is 6.56. The number of rotatable bonds is 7. The number of benzene rings is 1. The average molecular weight is 393 g/mol. The summed E-state index contributed by atoms with van der Waals surface area (Å²) >= 11 is 0. The first kappa shape index (κ1) is 22.2. The molecule has 1 aromatic rings. The molecular weight excluding hydrogens is 364 g/mol. The van der Waals surface area contributed by atoms with E-state index in [0.717, 1.165) is 0 Å². The molecule has 1 unspecified atom stereocenters. The Hall–Kier alpha value is -0.860. The van der Waals surface area contributed by atoms with Crippen LogP contribution in [0.5, 0.6) is 5.75 Å². The number of nitrogens with two attached hydrogens (primary N) is 1. The van der Waals surface area contributed by atoms with Gasteiger partial charge in [0.25, 0.3) is 0 Å². The molecule has 0 aromatic heterocycles. The monoisotopic (exact) mass is 392 g/mol. The van der Waals surface area contributed by atoms with Crippen LogP contribution in [0.25, 0.3) is 0 Å². The van der Waals surface area contributed by atoms with Crippen molar-refractivity contribution in [1.29, 1.82) is 0 Å². The maximum Gasteiger partial charge on any atom is 0.243 e. The van der Waals surface area contributed by atoms with Crippen molar-refractivity contribution in [1.82, 2.24) is 4.31 Å². The molecule has 6 nitrogen and oxygen atoms in total. The molecule has 1 saturated heterocycles. The third-order valence-corrected chi connectivity index (χ3v) is 6.30. The Morgan fingerprint density at radius 1 is 1.24 bits per heavy atom. The molecule has 1 fully saturated rings. The molecule has 1 aromatic carbocycles. The highest BCUT2D eigenvalue weighted by Crippen LogP contribution is 2.31. The zero-order valence-electron chi connectivity index (χ0n) is 15.1. The van der Waals surface area contributed by atoms with E-state index in [4.69, 9.17) is 15.2 Å². The van der Waals surface area contributed by atoms with Crippen molar-refractivity contribution in [3.05, 3.63) is 24.3 Å². The molecule has 1 aliphatic heterocycles. The maximum absolute atomic E-state index is 12.8. The van der Waals surface area contributed by atoms with E-state index >= 15 is 0 Å². The summed E-state index contributed by atoms with van der Waals surface area (Å²) in [6.45, 7) is 8.44. The summed E-state index contributed by atoms with van der Waals surface area (Å²) in [6.07, 6.45) is 0.671. The lowest BCUT2D eigenvalue weighted by atomic mass is 9.81. The van der Waals surface area contributed by atoms with Crippen molar-refractivity contribution in [2.75, 3.05) is 32.9 Å². The minimum atomic E-state index is -3.50. The van der Waals surface area contributed by atoms with Gasteiger partial charge in [-0.1, -0.05) is 13.8 Å². The first-order chi connectivity index (χ1) is 11.3. The van der Waals surface area contributed by atoms with Crippen LogP contribution >= 0.6 is 12.4 Å². The van der Waals surface area contributed by atoms with Crippen LogP contribution in [-0.4, -0.2) is 51.7 Å². The average Bonchev–Trinajstić information content (AvgIpc) is 2.54. The van der Waals surface area contributed by atoms with Crippen molar-refractivity contribution in [2.45, 2.75) is 38.1 Å². The molecule has 0 spiro atoms. The molecule has 2 N–H and O–H groups in total. The zero-order chi connectivity index (χ0) is 17.8. The number of sulfonamides is 1. The molecule has 0 saturated carbocycles. The third-order valence-electron chi connectivity index (χ3n) is 4.44. The lowest BCUT2D eigenvalue weighted by Gasteiger charge is -2.41. The quantitative estimate of drug-likeness (QED) is 0.720. The van der Waals surface area contributed by atoms with Crippen LogP contribution in [0.15, 0.2) is 29.2 Å². The van der Waals surface area contributed by atoms with Crippen LogP contribution in [-0.2, 0) is 14.8 Å². The van der Waals surface area contributed by atoms with E-state index in [-0.39, 0.29) is 28.8 Å². The zero-order valence-corrected chi connectivity index (χ0v) is 16.7. The van der Waals surface area contributed by atoms with Crippen molar-refractivity contribution < 1.29 is 17.9 Å². The Kier molecular flexibility index (Phi) is 8.15. The Balaban J connectivity index is 0.00000312. The van der Waals surface area contributed by atoms with E-state index in [1.807, 2.05) is 20.8 Å². The molecule has 25 heavy (non-hydrogen) atoms. The number of nitrogens with zero attached hydrogens (tertiary/aromatic N) is 1. The predicted octanol–water partition coefficient (Wildman–Crippen LogP) is 2.27. The minimum absolute atomic E-state index is 0. The SMILES string of the molecule is CCOCCOc1ccc(S(=O)(=O)N2CCC(N)C(C)(C)C2)cc1.Cl. The first-order valence-electron chi connectivity index (χ1n) is 8.33. The summed E-state index contributed by atoms with van der Waals surface area (Å²) in [5.74, 6) is 0.634. The third kappa shape index (κ3) is 5.56. The fourth-order valence-corrected chi connectivity index (χ4v) is 4.38. The molecule has 1 atom stereocenters. The normalized spacial score (nSPS) is 20.7. The van der Waals surface area contributed by atoms with Crippen LogP contribution in [0.3, 0.4) is 0 Å². The smallest absolute Gasteiger partial charge is 0.243 e. The molecule has 1 aliphatic rings. The van der Waals surface area contributed by atoms with E-state index in [1.54, 1.807) is 24.3 Å². The van der Waals surface area contributed by atoms with Crippen LogP contribution < -0.4 is 10.5 Å². The number of ether oxygens (including phenoxy) is 2. The highest BCUT2D eigenvalue weighted by Gasteiger charge is 2.38. The van der Waals surface area contributed by atoms with Gasteiger partial charge >= 0.3 is 0 Å². The van der Waals surface area contributed by atoms with Crippen LogP contribution in [0.1, 0.15) is 27.2 Å². The van der Waals surface area contributed by atoms with E-state index in [1.165, 1.54) is 4.31 Å². The van der Waals surface area contributed by atoms with E-state index < -0.39 is 10.0 Å². The number of hydrogen-bond donors (Lipinski definition) is 1. The molecule has 0 aliphatic carbocycles. The summed E-state index contributed by atoms with van der Waals surface area (Å²) < 4.78 is 37.9. The molecule has 8 heteroatoms. The van der Waals surface area contributed by atoms with Gasteiger partial charge in [0.2, 0.25) is 10.0 Å². The lowest BCUT2D eigenvalue weighted by molar-refractivity contribution is 0.110. The predicted molar refractivity (Wildman–Crippen MR) is 101 cm³/mol. The summed E-state index contributed by atoms with van der Waals surface area (Å²) in [5.41, 5.74) is 5.87. The van der Waals surface area contributed by atoms with Crippen LogP contribution in [0, 0.1) is 5.41 Å². The van der Waals surface area contributed by atoms with Gasteiger partial charge in [-0.2, -0.15) is 4.31 Å². The topological polar surface area (TPSA) is 81.9 Å². The molecule has 0 bridgehead atoms. The maximum atomic E-state index is 12.8. The van der Waals surface area contributed by atoms with Gasteiger partial charge < -0.3 is 15.2 Å². The molecule has 0 radical (unpaired) electrons. The Morgan fingerprint density at radius 3 is 2.44 bits per heavy atom. The van der Waals surface area contributed by atoms with Gasteiger partial charge in [0.1, 0.15) is 12.4 Å². The van der Waals surface area contributed by atoms with Gasteiger partial charge in [-0.3, -0.25) is 0 Å². The fourth-order valence-electron chi connectivity index (χ4n) is 2.75. The number of piperidine rings is 1. The van der Waals surface area contributed by atoms with E-state index in [9.17, 15) is 8.42 Å². The summed E-state index contributed by atoms with van der Waals surface area (Å²) in [4.78, 5) is 0.283. The Labute approximate surface area is 157 Å². The second-order valence-electron chi connectivity index (χ2n) is 6.74. The van der Waals surface area contributed by atoms with Gasteiger partial charge in [0.05, 0.1) is 11.5 Å². The van der Waals surface area contributed by atoms with Gasteiger partial charge in [-0.15, -0.1) is 12.4 Å². The molecular formula is C17H29ClN2O4S. The Bertz CT molecular complexity index is 635. The van der Waals surface area contributed by atoms with Crippen molar-refractivity contribution in [3.8, 4) is 5.75 Å². The second-order valence-corrected chi connectivity index (χ2v) is 8.68. The first-order valence-corrected chi connectivity index (χ1v) is 9.77. The van der Waals surface area contributed by atoms with Crippen LogP contribution in [0.2, 0.25) is 0 Å². The molecule has 0 amide bonds. The fraction of sp³-hybridized carbons (Fsp3) is 0.647. The number of hydrogen-bond acceptors (Lipinski definition) is 5. The van der Waals surface area contributed by atoms with Crippen LogP contribution in [0.4, 0.5) is 0 Å². The standard InChI is InChI=1S/C17H28N2O4S.ClH/c1-4-22-11-12-23-14-5-7-15(8-6-14)24(20,21)19-10-9-16(18)17(2,3)13-19;/h5-8,16H,4,9-13,18H2,1-3H3;1H. The highest BCUT2D eigenvalue weighted by atomic mass is 35.5. The highest BCUT2D eigenvalue weighted by molar-refractivity contribution is 7.89. The lowest BCUT2D eigenvalue weighted by Crippen LogP contribution is -2.53. The van der Waals surface area contributed by atoms with E-state index in [0.29, 0.717) is 45.1 Å². The summed E-state index contributed by atoms with van der Waals surface area (Å²) in [7, 11) is -3.50. The van der Waals surface area contributed by atoms with Crippen molar-refractivity contribution >= 4 is 22.4 Å². The molecule has 144 valence electrons. The van der Waals surface area contributed by atoms with Gasteiger partial charge in [0.15, 0.2) is 0 Å². The largest absolute Gasteiger partial charge is 0.491 e. The Morgan fingerprint density at radius 2 is 1.88 bits per heavy atom. The van der Waals surface area contributed by atoms with Crippen molar-refractivity contribution in [3.63, 3.8) is 0 Å². The van der Waals surface area contributed by atoms with E-state index in [2.05, 4.69) is 0 Å². The second kappa shape index (κ2) is 9.19. The van der Waals surface area contributed by atoms with Gasteiger partial charge in [-0.05, 0) is 43.0 Å². The molecule has 1 heterocycles. The minimum Gasteiger partial charge on any atom is -0.491 e. The molecule has 2 rings (SSSR count). The number of halogens is 1. The van der Waals surface area contributed by atoms with Gasteiger partial charge in [0, 0.05) is 25.7 Å². The summed E-state index contributed by atoms with van der Waals surface area (Å²) in [5, 5.41) is 0.